The molecule has 0 spiro atoms. The number of aromatic nitrogens is 2. The Kier molecular flexibility index (Phi) is 8.50. The van der Waals surface area contributed by atoms with Crippen molar-refractivity contribution in [3.05, 3.63) is 110 Å². The molecule has 5 aromatic carbocycles. The number of benzene rings is 5. The van der Waals surface area contributed by atoms with Crippen molar-refractivity contribution in [2.45, 2.75) is 45.4 Å². The van der Waals surface area contributed by atoms with Crippen molar-refractivity contribution in [3.8, 4) is 17.1 Å². The normalized spacial score (nSPS) is 11.3. The molecule has 216 valence electrons. The number of nitrogens with one attached hydrogen (secondary N) is 2. The number of carbonyl (C=O) groups excluding carboxylic acids is 1. The first-order chi connectivity index (χ1) is 21.2. The van der Waals surface area contributed by atoms with Gasteiger partial charge in [-0.2, -0.15) is 0 Å². The van der Waals surface area contributed by atoms with Crippen LogP contribution in [0.1, 0.15) is 45.4 Å². The SMILES string of the molecule is C=CC(=O)Nc1ccc(-n2c(-c3ccc(NCCCCCCCC)cc3)nc3c4ccccc4c4ccccc4c32)cc1. The van der Waals surface area contributed by atoms with Crippen molar-refractivity contribution in [1.82, 2.24) is 9.55 Å². The molecule has 0 atom stereocenters. The number of unbranched alkanes of at least 4 members (excludes halogenated alkanes) is 5. The van der Waals surface area contributed by atoms with Gasteiger partial charge in [-0.1, -0.05) is 94.1 Å². The summed E-state index contributed by atoms with van der Waals surface area (Å²) in [6.07, 6.45) is 9.00. The second kappa shape index (κ2) is 13.0. The van der Waals surface area contributed by atoms with Crippen LogP contribution < -0.4 is 10.6 Å². The van der Waals surface area contributed by atoms with Gasteiger partial charge in [0.1, 0.15) is 5.82 Å². The first-order valence-corrected chi connectivity index (χ1v) is 15.4. The van der Waals surface area contributed by atoms with Crippen LogP contribution in [0.3, 0.4) is 0 Å². The quantitative estimate of drug-likeness (QED) is 0.0880. The fraction of sp³-hybridized carbons (Fsp3) is 0.211. The van der Waals surface area contributed by atoms with Gasteiger partial charge in [0.25, 0.3) is 0 Å². The van der Waals surface area contributed by atoms with E-state index in [-0.39, 0.29) is 5.91 Å². The summed E-state index contributed by atoms with van der Waals surface area (Å²) in [6, 6.07) is 33.6. The van der Waals surface area contributed by atoms with Gasteiger partial charge in [0.05, 0.1) is 11.0 Å². The maximum absolute atomic E-state index is 11.9. The predicted octanol–water partition coefficient (Wildman–Crippen LogP) is 9.90. The monoisotopic (exact) mass is 566 g/mol. The molecule has 5 heteroatoms. The molecule has 1 amide bonds. The zero-order valence-corrected chi connectivity index (χ0v) is 24.8. The Bertz CT molecular complexity index is 1880. The van der Waals surface area contributed by atoms with E-state index < -0.39 is 0 Å². The van der Waals surface area contributed by atoms with E-state index in [2.05, 4.69) is 101 Å². The Morgan fingerprint density at radius 1 is 0.744 bits per heavy atom. The van der Waals surface area contributed by atoms with Crippen LogP contribution in [0.2, 0.25) is 0 Å². The Morgan fingerprint density at radius 3 is 2.05 bits per heavy atom. The molecule has 1 heterocycles. The number of amides is 1. The molecule has 0 fully saturated rings. The maximum atomic E-state index is 11.9. The number of anilines is 2. The van der Waals surface area contributed by atoms with Gasteiger partial charge >= 0.3 is 0 Å². The molecule has 5 nitrogen and oxygen atoms in total. The molecule has 1 aromatic heterocycles. The molecule has 6 aromatic rings. The highest BCUT2D eigenvalue weighted by atomic mass is 16.1. The van der Waals surface area contributed by atoms with Gasteiger partial charge in [-0.3, -0.25) is 9.36 Å². The lowest BCUT2D eigenvalue weighted by molar-refractivity contribution is -0.111. The van der Waals surface area contributed by atoms with Crippen LogP contribution in [0.5, 0.6) is 0 Å². The highest BCUT2D eigenvalue weighted by Gasteiger charge is 2.20. The highest BCUT2D eigenvalue weighted by Crippen LogP contribution is 2.39. The molecular formula is C38H38N4O. The molecule has 0 unspecified atom stereocenters. The number of carbonyl (C=O) groups is 1. The van der Waals surface area contributed by atoms with E-state index in [1.807, 2.05) is 24.3 Å². The fourth-order valence-electron chi connectivity index (χ4n) is 5.91. The Balaban J connectivity index is 1.42. The summed E-state index contributed by atoms with van der Waals surface area (Å²) in [7, 11) is 0. The molecule has 0 bridgehead atoms. The van der Waals surface area contributed by atoms with Gasteiger partial charge in [-0.25, -0.2) is 4.98 Å². The van der Waals surface area contributed by atoms with Crippen LogP contribution in [-0.4, -0.2) is 22.0 Å². The van der Waals surface area contributed by atoms with E-state index in [4.69, 9.17) is 4.98 Å². The maximum Gasteiger partial charge on any atom is 0.247 e. The van der Waals surface area contributed by atoms with E-state index >= 15 is 0 Å². The Labute approximate surface area is 253 Å². The lowest BCUT2D eigenvalue weighted by Gasteiger charge is -2.14. The topological polar surface area (TPSA) is 59.0 Å². The van der Waals surface area contributed by atoms with Gasteiger partial charge in [-0.15, -0.1) is 0 Å². The molecule has 2 N–H and O–H groups in total. The predicted molar refractivity (Wildman–Crippen MR) is 182 cm³/mol. The molecule has 0 saturated heterocycles. The summed E-state index contributed by atoms with van der Waals surface area (Å²) in [5, 5.41) is 11.1. The van der Waals surface area contributed by atoms with Crippen LogP contribution in [-0.2, 0) is 4.79 Å². The van der Waals surface area contributed by atoms with Crippen molar-refractivity contribution < 1.29 is 4.79 Å². The summed E-state index contributed by atoms with van der Waals surface area (Å²) in [4.78, 5) is 17.2. The van der Waals surface area contributed by atoms with Crippen molar-refractivity contribution in [2.24, 2.45) is 0 Å². The van der Waals surface area contributed by atoms with Gasteiger partial charge in [0.15, 0.2) is 0 Å². The number of hydrogen-bond acceptors (Lipinski definition) is 3. The zero-order valence-electron chi connectivity index (χ0n) is 24.8. The molecule has 0 radical (unpaired) electrons. The van der Waals surface area contributed by atoms with Crippen LogP contribution in [0, 0.1) is 0 Å². The molecule has 0 saturated carbocycles. The van der Waals surface area contributed by atoms with E-state index in [0.29, 0.717) is 0 Å². The number of rotatable bonds is 12. The summed E-state index contributed by atoms with van der Waals surface area (Å²) in [6.45, 7) is 6.80. The first-order valence-electron chi connectivity index (χ1n) is 15.4. The van der Waals surface area contributed by atoms with Gasteiger partial charge in [0.2, 0.25) is 5.91 Å². The molecule has 0 aliphatic heterocycles. The van der Waals surface area contributed by atoms with Crippen LogP contribution >= 0.6 is 0 Å². The summed E-state index contributed by atoms with van der Waals surface area (Å²) in [5.41, 5.74) is 5.89. The zero-order chi connectivity index (χ0) is 29.6. The van der Waals surface area contributed by atoms with Gasteiger partial charge in [0, 0.05) is 39.9 Å². The Hall–Kier alpha value is -4.90. The third-order valence-corrected chi connectivity index (χ3v) is 8.11. The van der Waals surface area contributed by atoms with Gasteiger partial charge < -0.3 is 10.6 Å². The summed E-state index contributed by atoms with van der Waals surface area (Å²) >= 11 is 0. The van der Waals surface area contributed by atoms with Crippen molar-refractivity contribution in [3.63, 3.8) is 0 Å². The average Bonchev–Trinajstić information content (AvgIpc) is 3.46. The summed E-state index contributed by atoms with van der Waals surface area (Å²) < 4.78 is 2.25. The minimum absolute atomic E-state index is 0.232. The third-order valence-electron chi connectivity index (χ3n) is 8.11. The Morgan fingerprint density at radius 2 is 1.35 bits per heavy atom. The third kappa shape index (κ3) is 5.89. The van der Waals surface area contributed by atoms with Gasteiger partial charge in [-0.05, 0) is 71.8 Å². The number of fused-ring (bicyclic) bond motifs is 6. The van der Waals surface area contributed by atoms with E-state index in [9.17, 15) is 4.79 Å². The second-order valence-corrected chi connectivity index (χ2v) is 11.1. The van der Waals surface area contributed by atoms with E-state index in [1.54, 1.807) is 0 Å². The first kappa shape index (κ1) is 28.2. The second-order valence-electron chi connectivity index (χ2n) is 11.1. The highest BCUT2D eigenvalue weighted by molar-refractivity contribution is 6.24. The largest absolute Gasteiger partial charge is 0.385 e. The standard InChI is InChI=1S/C38H38N4O/c1-3-5-6-7-8-13-26-39-28-20-18-27(19-21-28)38-41-36-33-16-11-9-14-31(33)32-15-10-12-17-34(32)37(36)42(38)30-24-22-29(23-25-30)40-35(43)4-2/h4,9-12,14-25,39H,2-3,5-8,13,26H2,1H3,(H,40,43). The minimum atomic E-state index is -0.232. The van der Waals surface area contributed by atoms with Crippen LogP contribution in [0.4, 0.5) is 11.4 Å². The number of imidazole rings is 1. The average molecular weight is 567 g/mol. The van der Waals surface area contributed by atoms with E-state index in [1.165, 1.54) is 55.4 Å². The molecule has 6 rings (SSSR count). The minimum Gasteiger partial charge on any atom is -0.385 e. The van der Waals surface area contributed by atoms with Crippen LogP contribution in [0.15, 0.2) is 110 Å². The van der Waals surface area contributed by atoms with Crippen molar-refractivity contribution >= 4 is 49.9 Å². The van der Waals surface area contributed by atoms with Crippen molar-refractivity contribution in [1.29, 1.82) is 0 Å². The lowest BCUT2D eigenvalue weighted by atomic mass is 10.00. The number of hydrogen-bond donors (Lipinski definition) is 2. The molecule has 0 aliphatic carbocycles. The lowest BCUT2D eigenvalue weighted by Crippen LogP contribution is -2.07. The van der Waals surface area contributed by atoms with E-state index in [0.717, 1.165) is 56.8 Å². The summed E-state index contributed by atoms with van der Waals surface area (Å²) in [5.74, 6) is 0.644. The molecule has 43 heavy (non-hydrogen) atoms. The van der Waals surface area contributed by atoms with Crippen LogP contribution in [0.25, 0.3) is 49.7 Å². The number of nitrogens with zero attached hydrogens (tertiary/aromatic N) is 2. The molecule has 0 aliphatic rings. The fourth-order valence-corrected chi connectivity index (χ4v) is 5.91. The smallest absolute Gasteiger partial charge is 0.247 e. The van der Waals surface area contributed by atoms with Crippen molar-refractivity contribution in [2.75, 3.05) is 17.2 Å². The molecular weight excluding hydrogens is 528 g/mol.